The first-order chi connectivity index (χ1) is 10.3. The summed E-state index contributed by atoms with van der Waals surface area (Å²) in [5, 5.41) is 12.9. The number of piperidine rings is 1. The second-order valence-electron chi connectivity index (χ2n) is 5.73. The van der Waals surface area contributed by atoms with Gasteiger partial charge in [0.05, 0.1) is 6.10 Å². The predicted molar refractivity (Wildman–Crippen MR) is 82.9 cm³/mol. The molecule has 2 saturated heterocycles. The maximum atomic E-state index is 9.71. The molecule has 2 N–H and O–H groups in total. The lowest BCUT2D eigenvalue weighted by atomic mass is 10.1. The van der Waals surface area contributed by atoms with Crippen LogP contribution in [0.4, 0.5) is 17.8 Å². The number of anilines is 3. The lowest BCUT2D eigenvalue weighted by Crippen LogP contribution is -2.32. The Bertz CT molecular complexity index is 454. The van der Waals surface area contributed by atoms with E-state index in [4.69, 9.17) is 0 Å². The summed E-state index contributed by atoms with van der Waals surface area (Å²) in [6.45, 7) is 6.25. The molecule has 1 unspecified atom stereocenters. The lowest BCUT2D eigenvalue weighted by molar-refractivity contribution is 0.198. The molecule has 0 spiro atoms. The lowest BCUT2D eigenvalue weighted by Gasteiger charge is -2.27. The Kier molecular flexibility index (Phi) is 4.38. The van der Waals surface area contributed by atoms with Gasteiger partial charge in [0.15, 0.2) is 0 Å². The van der Waals surface area contributed by atoms with Crippen molar-refractivity contribution in [1.29, 1.82) is 0 Å². The van der Waals surface area contributed by atoms with Crippen LogP contribution in [0.25, 0.3) is 0 Å². The van der Waals surface area contributed by atoms with E-state index < -0.39 is 0 Å². The van der Waals surface area contributed by atoms with Crippen LogP contribution in [0.2, 0.25) is 0 Å². The van der Waals surface area contributed by atoms with Gasteiger partial charge in [0.1, 0.15) is 0 Å². The average molecular weight is 292 g/mol. The molecule has 7 heteroatoms. The number of nitrogens with zero attached hydrogens (tertiary/aromatic N) is 5. The summed E-state index contributed by atoms with van der Waals surface area (Å²) in [6.07, 6.45) is 4.18. The summed E-state index contributed by atoms with van der Waals surface area (Å²) < 4.78 is 0. The minimum Gasteiger partial charge on any atom is -0.391 e. The van der Waals surface area contributed by atoms with E-state index in [-0.39, 0.29) is 6.10 Å². The van der Waals surface area contributed by atoms with Crippen molar-refractivity contribution in [2.75, 3.05) is 47.8 Å². The van der Waals surface area contributed by atoms with Crippen molar-refractivity contribution in [3.63, 3.8) is 0 Å². The topological polar surface area (TPSA) is 77.4 Å². The van der Waals surface area contributed by atoms with Crippen LogP contribution < -0.4 is 15.1 Å². The summed E-state index contributed by atoms with van der Waals surface area (Å²) in [4.78, 5) is 17.9. The minimum absolute atomic E-state index is 0.275. The zero-order valence-corrected chi connectivity index (χ0v) is 12.6. The monoisotopic (exact) mass is 292 g/mol. The minimum atomic E-state index is -0.275. The Labute approximate surface area is 125 Å². The van der Waals surface area contributed by atoms with Crippen molar-refractivity contribution in [3.8, 4) is 0 Å². The third-order valence-electron chi connectivity index (χ3n) is 4.03. The smallest absolute Gasteiger partial charge is 0.232 e. The molecule has 0 amide bonds. The van der Waals surface area contributed by atoms with Gasteiger partial charge in [-0.05, 0) is 32.6 Å². The fourth-order valence-corrected chi connectivity index (χ4v) is 2.89. The van der Waals surface area contributed by atoms with E-state index >= 15 is 0 Å². The van der Waals surface area contributed by atoms with Gasteiger partial charge in [-0.3, -0.25) is 0 Å². The molecule has 7 nitrogen and oxygen atoms in total. The molecule has 3 heterocycles. The largest absolute Gasteiger partial charge is 0.391 e. The molecule has 2 aliphatic rings. The van der Waals surface area contributed by atoms with Gasteiger partial charge in [0.25, 0.3) is 0 Å². The fourth-order valence-electron chi connectivity index (χ4n) is 2.89. The second kappa shape index (κ2) is 6.43. The first kappa shape index (κ1) is 14.3. The molecule has 0 radical (unpaired) electrons. The van der Waals surface area contributed by atoms with Crippen molar-refractivity contribution in [1.82, 2.24) is 15.0 Å². The van der Waals surface area contributed by atoms with Gasteiger partial charge in [-0.2, -0.15) is 15.0 Å². The summed E-state index contributed by atoms with van der Waals surface area (Å²) in [5.41, 5.74) is 0. The van der Waals surface area contributed by atoms with E-state index in [0.717, 1.165) is 38.5 Å². The summed E-state index contributed by atoms with van der Waals surface area (Å²) in [6, 6.07) is 0. The molecule has 2 aliphatic heterocycles. The first-order valence-electron chi connectivity index (χ1n) is 7.94. The molecule has 0 aromatic carbocycles. The van der Waals surface area contributed by atoms with Crippen molar-refractivity contribution >= 4 is 17.8 Å². The Morgan fingerprint density at radius 1 is 1.05 bits per heavy atom. The molecule has 0 aliphatic carbocycles. The first-order valence-corrected chi connectivity index (χ1v) is 7.94. The summed E-state index contributed by atoms with van der Waals surface area (Å²) >= 11 is 0. The van der Waals surface area contributed by atoms with Crippen LogP contribution in [0.3, 0.4) is 0 Å². The van der Waals surface area contributed by atoms with Gasteiger partial charge in [-0.25, -0.2) is 0 Å². The van der Waals surface area contributed by atoms with E-state index in [0.29, 0.717) is 18.4 Å². The fraction of sp³-hybridized carbons (Fsp3) is 0.786. The zero-order valence-electron chi connectivity index (χ0n) is 12.6. The van der Waals surface area contributed by atoms with Crippen LogP contribution in [-0.2, 0) is 0 Å². The standard InChI is InChI=1S/C14H24N6O/c1-2-15-12-16-13(19-7-4-3-5-8-19)18-14(17-12)20-9-6-11(21)10-20/h11,21H,2-10H2,1H3,(H,15,16,17,18). The SMILES string of the molecule is CCNc1nc(N2CCCCC2)nc(N2CCC(O)C2)n1. The van der Waals surface area contributed by atoms with E-state index in [1.165, 1.54) is 19.3 Å². The molecule has 0 saturated carbocycles. The molecule has 3 rings (SSSR count). The molecule has 2 fully saturated rings. The Morgan fingerprint density at radius 3 is 2.38 bits per heavy atom. The second-order valence-corrected chi connectivity index (χ2v) is 5.73. The number of nitrogens with one attached hydrogen (secondary N) is 1. The van der Waals surface area contributed by atoms with E-state index in [1.54, 1.807) is 0 Å². The van der Waals surface area contributed by atoms with Gasteiger partial charge in [-0.1, -0.05) is 0 Å². The Morgan fingerprint density at radius 2 is 1.76 bits per heavy atom. The number of aromatic nitrogens is 3. The van der Waals surface area contributed by atoms with Crippen LogP contribution in [-0.4, -0.2) is 58.9 Å². The van der Waals surface area contributed by atoms with E-state index in [2.05, 4.69) is 25.2 Å². The Balaban J connectivity index is 1.86. The van der Waals surface area contributed by atoms with Crippen LogP contribution in [0.5, 0.6) is 0 Å². The number of hydrogen-bond acceptors (Lipinski definition) is 7. The number of rotatable bonds is 4. The van der Waals surface area contributed by atoms with Crippen LogP contribution in [0, 0.1) is 0 Å². The molecule has 1 aromatic heterocycles. The van der Waals surface area contributed by atoms with E-state index in [1.807, 2.05) is 11.8 Å². The highest BCUT2D eigenvalue weighted by Gasteiger charge is 2.24. The highest BCUT2D eigenvalue weighted by molar-refractivity contribution is 5.46. The van der Waals surface area contributed by atoms with Crippen molar-refractivity contribution in [3.05, 3.63) is 0 Å². The molecule has 0 bridgehead atoms. The average Bonchev–Trinajstić information content (AvgIpc) is 2.95. The third-order valence-corrected chi connectivity index (χ3v) is 4.03. The number of β-amino-alcohol motifs (C(OH)–C–C–N with tert-alkyl or cyclic N) is 1. The third kappa shape index (κ3) is 3.34. The zero-order chi connectivity index (χ0) is 14.7. The van der Waals surface area contributed by atoms with Crippen LogP contribution >= 0.6 is 0 Å². The number of hydrogen-bond donors (Lipinski definition) is 2. The van der Waals surface area contributed by atoms with Crippen LogP contribution in [0.1, 0.15) is 32.6 Å². The maximum Gasteiger partial charge on any atom is 0.232 e. The summed E-state index contributed by atoms with van der Waals surface area (Å²) in [5.74, 6) is 2.07. The Hall–Kier alpha value is -1.63. The highest BCUT2D eigenvalue weighted by atomic mass is 16.3. The molecule has 21 heavy (non-hydrogen) atoms. The van der Waals surface area contributed by atoms with E-state index in [9.17, 15) is 5.11 Å². The molecular weight excluding hydrogens is 268 g/mol. The highest BCUT2D eigenvalue weighted by Crippen LogP contribution is 2.22. The summed E-state index contributed by atoms with van der Waals surface area (Å²) in [7, 11) is 0. The van der Waals surface area contributed by atoms with Gasteiger partial charge < -0.3 is 20.2 Å². The van der Waals surface area contributed by atoms with Gasteiger partial charge >= 0.3 is 0 Å². The van der Waals surface area contributed by atoms with Crippen molar-refractivity contribution in [2.24, 2.45) is 0 Å². The normalized spacial score (nSPS) is 22.7. The van der Waals surface area contributed by atoms with Crippen molar-refractivity contribution in [2.45, 2.75) is 38.7 Å². The van der Waals surface area contributed by atoms with Gasteiger partial charge in [0, 0.05) is 32.7 Å². The molecule has 1 aromatic rings. The van der Waals surface area contributed by atoms with Crippen molar-refractivity contribution < 1.29 is 5.11 Å². The van der Waals surface area contributed by atoms with Gasteiger partial charge in [0.2, 0.25) is 17.8 Å². The van der Waals surface area contributed by atoms with Gasteiger partial charge in [-0.15, -0.1) is 0 Å². The molecular formula is C14H24N6O. The predicted octanol–water partition coefficient (Wildman–Crippen LogP) is 0.865. The maximum absolute atomic E-state index is 9.71. The number of aliphatic hydroxyl groups excluding tert-OH is 1. The molecule has 116 valence electrons. The quantitative estimate of drug-likeness (QED) is 0.852. The van der Waals surface area contributed by atoms with Crippen LogP contribution in [0.15, 0.2) is 0 Å². The number of aliphatic hydroxyl groups is 1. The molecule has 1 atom stereocenters.